The molecule has 8 heteroatoms. The van der Waals surface area contributed by atoms with Crippen molar-refractivity contribution < 1.29 is 14.3 Å². The number of rotatable bonds is 8. The van der Waals surface area contributed by atoms with Gasteiger partial charge in [-0.1, -0.05) is 0 Å². The maximum absolute atomic E-state index is 13.5. The predicted octanol–water partition coefficient (Wildman–Crippen LogP) is 4.92. The van der Waals surface area contributed by atoms with Crippen molar-refractivity contribution in [3.63, 3.8) is 0 Å². The van der Waals surface area contributed by atoms with Crippen LogP contribution in [0.4, 0.5) is 5.69 Å². The molecule has 4 aromatic rings. The SMILES string of the molecule is C[C@@H](NC(=O)c1ccc2c(c1)C(=C([As]c1cccc(CN3CCOCC3)c1)c1ccsc1)C(=O)N2)c1ccccc1. The first kappa shape index (κ1) is 27.7. The van der Waals surface area contributed by atoms with Crippen LogP contribution in [-0.4, -0.2) is 58.8 Å². The van der Waals surface area contributed by atoms with E-state index in [0.29, 0.717) is 11.1 Å². The zero-order valence-electron chi connectivity index (χ0n) is 22.8. The molecule has 6 nitrogen and oxygen atoms in total. The second-order valence-electron chi connectivity index (χ2n) is 10.2. The third-order valence-corrected chi connectivity index (χ3v) is 10.7. The molecule has 3 heterocycles. The Morgan fingerprint density at radius 2 is 1.85 bits per heavy atom. The minimum atomic E-state index is -0.497. The number of amides is 2. The van der Waals surface area contributed by atoms with E-state index in [4.69, 9.17) is 4.74 Å². The van der Waals surface area contributed by atoms with E-state index in [1.54, 1.807) is 17.4 Å². The number of nitrogens with zero attached hydrogens (tertiary/aromatic N) is 1. The van der Waals surface area contributed by atoms with Crippen molar-refractivity contribution in [2.75, 3.05) is 31.6 Å². The summed E-state index contributed by atoms with van der Waals surface area (Å²) in [6.07, 6.45) is 0. The number of hydrogen-bond acceptors (Lipinski definition) is 5. The number of morpholine rings is 1. The van der Waals surface area contributed by atoms with Gasteiger partial charge in [0.1, 0.15) is 0 Å². The standard InChI is InChI=1S/C33H31AsN3O3S/c1-22(24-7-3-2-4-8-24)35-32(38)25-10-11-29-28(19-25)30(33(39)36-29)31(26-12-17-41-21-26)34-27-9-5-6-23(18-27)20-37-13-15-40-16-14-37/h2-12,17-19,21-22H,13-16,20H2,1H3,(H,35,38)(H,36,39)/t22-/m1/s1. The monoisotopic (exact) mass is 624 g/mol. The molecule has 3 aromatic carbocycles. The summed E-state index contributed by atoms with van der Waals surface area (Å²) in [5, 5.41) is 10.3. The molecule has 1 atom stereocenters. The van der Waals surface area contributed by atoms with Crippen LogP contribution in [0.2, 0.25) is 0 Å². The Labute approximate surface area is 251 Å². The summed E-state index contributed by atoms with van der Waals surface area (Å²) >= 11 is 1.13. The molecule has 0 aliphatic carbocycles. The molecule has 6 rings (SSSR count). The summed E-state index contributed by atoms with van der Waals surface area (Å²) in [6, 6.07) is 26.1. The van der Waals surface area contributed by atoms with Crippen LogP contribution in [0.1, 0.15) is 45.6 Å². The first-order valence-corrected chi connectivity index (χ1v) is 16.6. The van der Waals surface area contributed by atoms with Gasteiger partial charge in [0.15, 0.2) is 0 Å². The minimum absolute atomic E-state index is 0.115. The number of thiophene rings is 1. The fourth-order valence-corrected chi connectivity index (χ4v) is 8.65. The topological polar surface area (TPSA) is 70.7 Å². The maximum atomic E-state index is 13.5. The molecule has 1 radical (unpaired) electrons. The number of carbonyl (C=O) groups is 2. The van der Waals surface area contributed by atoms with E-state index >= 15 is 0 Å². The average molecular weight is 625 g/mol. The van der Waals surface area contributed by atoms with Crippen LogP contribution in [0.3, 0.4) is 0 Å². The zero-order valence-corrected chi connectivity index (χ0v) is 25.5. The molecule has 1 saturated heterocycles. The van der Waals surface area contributed by atoms with Gasteiger partial charge in [-0.2, -0.15) is 0 Å². The molecule has 0 saturated carbocycles. The number of fused-ring (bicyclic) bond motifs is 1. The predicted molar refractivity (Wildman–Crippen MR) is 166 cm³/mol. The molecule has 41 heavy (non-hydrogen) atoms. The Morgan fingerprint density at radius 1 is 1.02 bits per heavy atom. The Balaban J connectivity index is 1.31. The number of nitrogens with one attached hydrogen (secondary N) is 2. The first-order chi connectivity index (χ1) is 20.0. The summed E-state index contributed by atoms with van der Waals surface area (Å²) in [4.78, 5) is 29.2. The Kier molecular flexibility index (Phi) is 8.49. The van der Waals surface area contributed by atoms with Gasteiger partial charge in [-0.05, 0) is 0 Å². The Hall–Kier alpha value is -3.48. The van der Waals surface area contributed by atoms with Crippen molar-refractivity contribution in [2.24, 2.45) is 0 Å². The quantitative estimate of drug-likeness (QED) is 0.216. The summed E-state index contributed by atoms with van der Waals surface area (Å²) in [6.45, 7) is 6.31. The van der Waals surface area contributed by atoms with E-state index < -0.39 is 15.8 Å². The van der Waals surface area contributed by atoms with Gasteiger partial charge in [-0.25, -0.2) is 0 Å². The number of ether oxygens (including phenoxy) is 1. The van der Waals surface area contributed by atoms with E-state index in [0.717, 1.165) is 59.6 Å². The van der Waals surface area contributed by atoms with Crippen LogP contribution in [0.25, 0.3) is 9.93 Å². The third-order valence-electron chi connectivity index (χ3n) is 7.37. The molecule has 1 aromatic heterocycles. The first-order valence-electron chi connectivity index (χ1n) is 13.7. The van der Waals surface area contributed by atoms with Crippen LogP contribution in [0.5, 0.6) is 0 Å². The van der Waals surface area contributed by atoms with Crippen molar-refractivity contribution >= 4 is 58.9 Å². The molecule has 0 unspecified atom stereocenters. The Bertz CT molecular complexity index is 1580. The second kappa shape index (κ2) is 12.6. The van der Waals surface area contributed by atoms with Crippen LogP contribution < -0.4 is 15.0 Å². The van der Waals surface area contributed by atoms with Crippen LogP contribution >= 0.6 is 11.3 Å². The Morgan fingerprint density at radius 3 is 2.63 bits per heavy atom. The van der Waals surface area contributed by atoms with E-state index in [1.165, 1.54) is 9.91 Å². The van der Waals surface area contributed by atoms with Gasteiger partial charge in [0.05, 0.1) is 0 Å². The summed E-state index contributed by atoms with van der Waals surface area (Å²) < 4.78 is 7.80. The van der Waals surface area contributed by atoms with Crippen LogP contribution in [0, 0.1) is 0 Å². The van der Waals surface area contributed by atoms with E-state index in [2.05, 4.69) is 56.6 Å². The fraction of sp³-hybridized carbons (Fsp3) is 0.212. The molecule has 2 aliphatic rings. The summed E-state index contributed by atoms with van der Waals surface area (Å²) in [5.41, 5.74) is 6.12. The summed E-state index contributed by atoms with van der Waals surface area (Å²) in [5.74, 6) is -0.278. The number of benzene rings is 3. The van der Waals surface area contributed by atoms with E-state index in [1.807, 2.05) is 49.4 Å². The molecule has 0 bridgehead atoms. The molecule has 0 spiro atoms. The molecular weight excluding hydrogens is 593 g/mol. The molecule has 207 valence electrons. The van der Waals surface area contributed by atoms with Gasteiger partial charge < -0.3 is 0 Å². The van der Waals surface area contributed by atoms with E-state index in [-0.39, 0.29) is 17.9 Å². The van der Waals surface area contributed by atoms with Crippen molar-refractivity contribution in [2.45, 2.75) is 19.5 Å². The van der Waals surface area contributed by atoms with Gasteiger partial charge in [0.2, 0.25) is 0 Å². The third kappa shape index (κ3) is 6.39. The fourth-order valence-electron chi connectivity index (χ4n) is 5.18. The molecule has 1 fully saturated rings. The molecule has 2 amide bonds. The molecular formula is C33H31AsN3O3S. The van der Waals surface area contributed by atoms with Crippen molar-refractivity contribution in [1.29, 1.82) is 0 Å². The van der Waals surface area contributed by atoms with Gasteiger partial charge in [0, 0.05) is 0 Å². The van der Waals surface area contributed by atoms with Crippen molar-refractivity contribution in [3.8, 4) is 0 Å². The van der Waals surface area contributed by atoms with Gasteiger partial charge in [0.25, 0.3) is 0 Å². The summed E-state index contributed by atoms with van der Waals surface area (Å²) in [7, 11) is 0. The van der Waals surface area contributed by atoms with Gasteiger partial charge in [-0.15, -0.1) is 0 Å². The van der Waals surface area contributed by atoms with Gasteiger partial charge >= 0.3 is 252 Å². The second-order valence-corrected chi connectivity index (χ2v) is 13.5. The van der Waals surface area contributed by atoms with Crippen molar-refractivity contribution in [3.05, 3.63) is 117 Å². The van der Waals surface area contributed by atoms with Crippen LogP contribution in [0.15, 0.2) is 89.6 Å². The molecule has 2 aliphatic heterocycles. The molecule has 2 N–H and O–H groups in total. The number of anilines is 1. The zero-order chi connectivity index (χ0) is 28.2. The number of hydrogen-bond donors (Lipinski definition) is 2. The van der Waals surface area contributed by atoms with Crippen molar-refractivity contribution in [1.82, 2.24) is 10.2 Å². The van der Waals surface area contributed by atoms with Crippen LogP contribution in [-0.2, 0) is 16.1 Å². The number of carbonyl (C=O) groups excluding carboxylic acids is 2. The van der Waals surface area contributed by atoms with E-state index in [9.17, 15) is 9.59 Å². The normalized spacial score (nSPS) is 17.3. The van der Waals surface area contributed by atoms with Gasteiger partial charge in [-0.3, -0.25) is 0 Å². The average Bonchev–Trinajstić information content (AvgIpc) is 3.64.